The highest BCUT2D eigenvalue weighted by Gasteiger charge is 2.01. The molecule has 0 saturated carbocycles. The number of aliphatic imine (C=N–C) groups is 1. The van der Waals surface area contributed by atoms with Crippen molar-refractivity contribution in [3.8, 4) is 5.75 Å². The van der Waals surface area contributed by atoms with Crippen molar-refractivity contribution in [2.45, 2.75) is 26.0 Å². The van der Waals surface area contributed by atoms with Crippen molar-refractivity contribution in [1.82, 2.24) is 10.6 Å². The van der Waals surface area contributed by atoms with E-state index in [9.17, 15) is 0 Å². The van der Waals surface area contributed by atoms with Crippen molar-refractivity contribution in [3.05, 3.63) is 65.7 Å². The van der Waals surface area contributed by atoms with Crippen LogP contribution in [0.1, 0.15) is 24.0 Å². The van der Waals surface area contributed by atoms with Crippen LogP contribution in [0.4, 0.5) is 0 Å². The summed E-state index contributed by atoms with van der Waals surface area (Å²) in [5.41, 5.74) is 2.34. The lowest BCUT2D eigenvalue weighted by Crippen LogP contribution is -2.37. The van der Waals surface area contributed by atoms with Crippen molar-refractivity contribution in [2.75, 3.05) is 25.6 Å². The molecule has 2 aromatic carbocycles. The highest BCUT2D eigenvalue weighted by Crippen LogP contribution is 2.15. The molecule has 0 aliphatic rings. The Labute approximate surface area is 184 Å². The Morgan fingerprint density at radius 1 is 1.00 bits per heavy atom. The van der Waals surface area contributed by atoms with Crippen LogP contribution < -0.4 is 15.4 Å². The summed E-state index contributed by atoms with van der Waals surface area (Å²) in [5, 5.41) is 6.71. The zero-order valence-corrected chi connectivity index (χ0v) is 19.3. The normalized spacial score (nSPS) is 10.8. The van der Waals surface area contributed by atoms with Gasteiger partial charge in [0, 0.05) is 20.1 Å². The first-order valence-corrected chi connectivity index (χ1v) is 10.4. The molecule has 2 aromatic rings. The number of hydrogen-bond donors (Lipinski definition) is 2. The lowest BCUT2D eigenvalue weighted by atomic mass is 10.2. The fourth-order valence-electron chi connectivity index (χ4n) is 2.47. The Balaban J connectivity index is 0.00000364. The van der Waals surface area contributed by atoms with E-state index in [1.54, 1.807) is 7.05 Å². The number of hydrogen-bond acceptors (Lipinski definition) is 3. The van der Waals surface area contributed by atoms with Crippen molar-refractivity contribution < 1.29 is 4.74 Å². The third-order valence-electron chi connectivity index (χ3n) is 3.90. The fraction of sp³-hybridized carbons (Fsp3) is 0.381. The topological polar surface area (TPSA) is 45.7 Å². The van der Waals surface area contributed by atoms with Gasteiger partial charge in [-0.2, -0.15) is 11.8 Å². The first-order chi connectivity index (χ1) is 12.8. The molecule has 27 heavy (non-hydrogen) atoms. The van der Waals surface area contributed by atoms with Gasteiger partial charge in [-0.05, 0) is 48.1 Å². The number of nitrogens with one attached hydrogen (secondary N) is 2. The number of guanidine groups is 1. The molecule has 148 valence electrons. The van der Waals surface area contributed by atoms with Crippen LogP contribution in [0.5, 0.6) is 5.75 Å². The monoisotopic (exact) mass is 499 g/mol. The molecule has 0 aliphatic carbocycles. The Morgan fingerprint density at radius 2 is 1.78 bits per heavy atom. The van der Waals surface area contributed by atoms with E-state index in [4.69, 9.17) is 4.74 Å². The lowest BCUT2D eigenvalue weighted by molar-refractivity contribution is 0.306. The number of rotatable bonds is 10. The van der Waals surface area contributed by atoms with Gasteiger partial charge >= 0.3 is 0 Å². The van der Waals surface area contributed by atoms with Crippen LogP contribution >= 0.6 is 35.7 Å². The van der Waals surface area contributed by atoms with Gasteiger partial charge in [0.25, 0.3) is 0 Å². The summed E-state index contributed by atoms with van der Waals surface area (Å²) in [5.74, 6) is 2.93. The van der Waals surface area contributed by atoms with E-state index in [2.05, 4.69) is 46.1 Å². The molecule has 4 nitrogen and oxygen atoms in total. The van der Waals surface area contributed by atoms with Gasteiger partial charge in [-0.25, -0.2) is 0 Å². The Hall–Kier alpha value is -1.41. The molecule has 0 atom stereocenters. The highest BCUT2D eigenvalue weighted by molar-refractivity contribution is 14.0. The number of ether oxygens (including phenoxy) is 1. The van der Waals surface area contributed by atoms with E-state index >= 15 is 0 Å². The third-order valence-corrected chi connectivity index (χ3v) is 4.59. The van der Waals surface area contributed by atoms with Gasteiger partial charge in [0.2, 0.25) is 0 Å². The van der Waals surface area contributed by atoms with Crippen molar-refractivity contribution in [2.24, 2.45) is 4.99 Å². The highest BCUT2D eigenvalue weighted by atomic mass is 127. The van der Waals surface area contributed by atoms with Crippen molar-refractivity contribution >= 4 is 41.7 Å². The van der Waals surface area contributed by atoms with Gasteiger partial charge in [-0.15, -0.1) is 24.0 Å². The minimum absolute atomic E-state index is 0. The summed E-state index contributed by atoms with van der Waals surface area (Å²) >= 11 is 1.89. The summed E-state index contributed by atoms with van der Waals surface area (Å²) < 4.78 is 5.89. The average Bonchev–Trinajstić information content (AvgIpc) is 2.69. The Morgan fingerprint density at radius 3 is 2.52 bits per heavy atom. The van der Waals surface area contributed by atoms with Gasteiger partial charge in [-0.3, -0.25) is 4.99 Å². The molecule has 0 bridgehead atoms. The van der Waals surface area contributed by atoms with Crippen LogP contribution in [0, 0.1) is 0 Å². The first kappa shape index (κ1) is 23.6. The fourth-order valence-corrected chi connectivity index (χ4v) is 2.96. The van der Waals surface area contributed by atoms with E-state index < -0.39 is 0 Å². The van der Waals surface area contributed by atoms with Crippen LogP contribution in [0.2, 0.25) is 0 Å². The Bertz CT molecular complexity index is 667. The molecule has 0 amide bonds. The second-order valence-corrected chi connectivity index (χ2v) is 6.96. The van der Waals surface area contributed by atoms with Crippen LogP contribution in [0.15, 0.2) is 59.6 Å². The van der Waals surface area contributed by atoms with E-state index in [1.807, 2.05) is 42.1 Å². The minimum Gasteiger partial charge on any atom is -0.489 e. The number of nitrogens with zero attached hydrogens (tertiary/aromatic N) is 1. The summed E-state index contributed by atoms with van der Waals surface area (Å²) in [6.45, 7) is 2.24. The van der Waals surface area contributed by atoms with Gasteiger partial charge < -0.3 is 15.4 Å². The molecule has 0 saturated heterocycles. The van der Waals surface area contributed by atoms with E-state index in [0.717, 1.165) is 24.7 Å². The molecule has 6 heteroatoms. The molecule has 0 aliphatic heterocycles. The van der Waals surface area contributed by atoms with E-state index in [-0.39, 0.29) is 24.0 Å². The summed E-state index contributed by atoms with van der Waals surface area (Å²) in [4.78, 5) is 4.28. The molecular weight excluding hydrogens is 469 g/mol. The molecule has 0 unspecified atom stereocenters. The maximum Gasteiger partial charge on any atom is 0.191 e. The smallest absolute Gasteiger partial charge is 0.191 e. The molecule has 0 heterocycles. The predicted molar refractivity (Wildman–Crippen MR) is 128 cm³/mol. The van der Waals surface area contributed by atoms with E-state index in [1.165, 1.54) is 23.3 Å². The summed E-state index contributed by atoms with van der Waals surface area (Å²) in [6, 6.07) is 18.4. The number of thioether (sulfide) groups is 1. The van der Waals surface area contributed by atoms with Crippen LogP contribution in [-0.4, -0.2) is 31.6 Å². The number of halogens is 1. The zero-order chi connectivity index (χ0) is 18.5. The largest absolute Gasteiger partial charge is 0.489 e. The zero-order valence-electron chi connectivity index (χ0n) is 16.1. The molecule has 0 fully saturated rings. The Kier molecular flexibility index (Phi) is 12.8. The van der Waals surface area contributed by atoms with Gasteiger partial charge in [0.15, 0.2) is 5.96 Å². The molecule has 0 aromatic heterocycles. The minimum atomic E-state index is 0. The second kappa shape index (κ2) is 14.6. The molecule has 2 rings (SSSR count). The summed E-state index contributed by atoms with van der Waals surface area (Å²) in [7, 11) is 1.80. The number of unbranched alkanes of at least 4 members (excludes halogenated alkanes) is 1. The van der Waals surface area contributed by atoms with Crippen molar-refractivity contribution in [3.63, 3.8) is 0 Å². The molecule has 0 radical (unpaired) electrons. The van der Waals surface area contributed by atoms with Gasteiger partial charge in [0.05, 0.1) is 0 Å². The van der Waals surface area contributed by atoms with Gasteiger partial charge in [0.1, 0.15) is 12.4 Å². The molecular formula is C21H30IN3OS. The standard InChI is InChI=1S/C21H29N3OS.HI/c1-22-21(23-13-6-7-14-26-2)24-16-19-11-8-12-20(15-19)25-17-18-9-4-3-5-10-18;/h3-5,8-12,15H,6-7,13-14,16-17H2,1-2H3,(H2,22,23,24);1H. The average molecular weight is 499 g/mol. The SMILES string of the molecule is CN=C(NCCCCSC)NCc1cccc(OCc2ccccc2)c1.I. The van der Waals surface area contributed by atoms with Crippen LogP contribution in [-0.2, 0) is 13.2 Å². The van der Waals surface area contributed by atoms with Gasteiger partial charge in [-0.1, -0.05) is 42.5 Å². The maximum atomic E-state index is 5.89. The predicted octanol–water partition coefficient (Wildman–Crippen LogP) is 4.69. The molecule has 2 N–H and O–H groups in total. The lowest BCUT2D eigenvalue weighted by Gasteiger charge is -2.13. The quantitative estimate of drug-likeness (QED) is 0.216. The summed E-state index contributed by atoms with van der Waals surface area (Å²) in [6.07, 6.45) is 4.53. The van der Waals surface area contributed by atoms with E-state index in [0.29, 0.717) is 13.2 Å². The molecule has 0 spiro atoms. The van der Waals surface area contributed by atoms with Crippen molar-refractivity contribution in [1.29, 1.82) is 0 Å². The van der Waals surface area contributed by atoms with Crippen LogP contribution in [0.3, 0.4) is 0 Å². The third kappa shape index (κ3) is 9.91. The van der Waals surface area contributed by atoms with Crippen LogP contribution in [0.25, 0.3) is 0 Å². The first-order valence-electron chi connectivity index (χ1n) is 9.01. The maximum absolute atomic E-state index is 5.89. The second-order valence-electron chi connectivity index (χ2n) is 5.97. The number of benzene rings is 2.